The first-order chi connectivity index (χ1) is 31.8. The fourth-order valence-corrected chi connectivity index (χ4v) is 9.56. The molecule has 0 bridgehead atoms. The molecule has 0 nitrogen and oxygen atoms in total. The van der Waals surface area contributed by atoms with E-state index in [1.165, 1.54) is 99.1 Å². The number of benzene rings is 11. The Hall–Kier alpha value is -8.32. The van der Waals surface area contributed by atoms with Gasteiger partial charge in [0.05, 0.1) is 0 Å². The Kier molecular flexibility index (Phi) is 10.4. The van der Waals surface area contributed by atoms with Crippen LogP contribution in [0, 0.1) is 0 Å². The van der Waals surface area contributed by atoms with Gasteiger partial charge in [0.2, 0.25) is 0 Å². The fraction of sp³-hybridized carbons (Fsp3) is 0. The molecule has 0 amide bonds. The summed E-state index contributed by atoms with van der Waals surface area (Å²) in [6, 6.07) is 92.5. The Morgan fingerprint density at radius 3 is 1.17 bits per heavy atom. The Morgan fingerprint density at radius 2 is 0.641 bits per heavy atom. The van der Waals surface area contributed by atoms with Crippen molar-refractivity contribution >= 4 is 55.6 Å². The molecule has 11 rings (SSSR count). The largest absolute Gasteiger partial charge is 0.0622 e. The molecule has 0 aromatic heterocycles. The summed E-state index contributed by atoms with van der Waals surface area (Å²) in [5, 5.41) is 7.39. The predicted octanol–water partition coefficient (Wildman–Crippen LogP) is 17.3. The average Bonchev–Trinajstić information content (AvgIpc) is 3.37. The lowest BCUT2D eigenvalue weighted by molar-refractivity contribution is 1.55. The highest BCUT2D eigenvalue weighted by Crippen LogP contribution is 2.48. The zero-order valence-corrected chi connectivity index (χ0v) is 35.4. The topological polar surface area (TPSA) is 0 Å². The van der Waals surface area contributed by atoms with E-state index in [1.807, 2.05) is 0 Å². The summed E-state index contributed by atoms with van der Waals surface area (Å²) < 4.78 is 0. The Labute approximate surface area is 375 Å². The maximum atomic E-state index is 2.38. The van der Waals surface area contributed by atoms with Gasteiger partial charge in [0.15, 0.2) is 0 Å². The van der Waals surface area contributed by atoms with Crippen LogP contribution in [-0.4, -0.2) is 0 Å². The summed E-state index contributed by atoms with van der Waals surface area (Å²) in [6.07, 6.45) is 4.68. The molecule has 0 radical (unpaired) electrons. The molecule has 11 aromatic rings. The zero-order valence-electron chi connectivity index (χ0n) is 35.4. The molecule has 0 aliphatic carbocycles. The van der Waals surface area contributed by atoms with E-state index in [-0.39, 0.29) is 0 Å². The van der Waals surface area contributed by atoms with Crippen LogP contribution < -0.4 is 0 Å². The highest BCUT2D eigenvalue weighted by molar-refractivity contribution is 6.25. The number of hydrogen-bond donors (Lipinski definition) is 0. The Balaban J connectivity index is 1.18. The molecular weight excluding hydrogens is 769 g/mol. The molecule has 0 heteroatoms. The van der Waals surface area contributed by atoms with E-state index in [0.29, 0.717) is 0 Å². The lowest BCUT2D eigenvalue weighted by Gasteiger charge is -2.21. The standard InChI is InChI=1S/C64H44/c1-5-23-48(24-6-1)60(49-25-7-2-8-26-49)43-45-21-17-33-52(41-45)62-57-36-15-16-37-58(57)63(64-56(39-20-40-59(62)64)55-38-19-32-47-31-13-14-35-54(47)55)53-34-18-22-46(42-53)44-61(50-27-9-3-10-28-50)51-29-11-4-12-30-51/h1-44H. The quantitative estimate of drug-likeness (QED) is 0.101. The van der Waals surface area contributed by atoms with Crippen molar-refractivity contribution in [3.05, 3.63) is 288 Å². The van der Waals surface area contributed by atoms with Crippen LogP contribution in [0.15, 0.2) is 255 Å². The van der Waals surface area contributed by atoms with E-state index in [4.69, 9.17) is 0 Å². The summed E-state index contributed by atoms with van der Waals surface area (Å²) in [4.78, 5) is 0. The van der Waals surface area contributed by atoms with Crippen molar-refractivity contribution in [2.45, 2.75) is 0 Å². The van der Waals surface area contributed by atoms with Crippen LogP contribution >= 0.6 is 0 Å². The Morgan fingerprint density at radius 1 is 0.266 bits per heavy atom. The molecular formula is C64H44. The van der Waals surface area contributed by atoms with Gasteiger partial charge >= 0.3 is 0 Å². The molecule has 300 valence electrons. The summed E-state index contributed by atoms with van der Waals surface area (Å²) in [5.74, 6) is 0. The van der Waals surface area contributed by atoms with Crippen LogP contribution in [0.2, 0.25) is 0 Å². The van der Waals surface area contributed by atoms with Gasteiger partial charge in [0.25, 0.3) is 0 Å². The molecule has 0 heterocycles. The van der Waals surface area contributed by atoms with Crippen molar-refractivity contribution < 1.29 is 0 Å². The third kappa shape index (κ3) is 7.42. The van der Waals surface area contributed by atoms with Crippen LogP contribution in [0.5, 0.6) is 0 Å². The first kappa shape index (κ1) is 38.6. The van der Waals surface area contributed by atoms with Gasteiger partial charge in [-0.25, -0.2) is 0 Å². The van der Waals surface area contributed by atoms with E-state index in [1.54, 1.807) is 0 Å². The molecule has 0 saturated carbocycles. The lowest BCUT2D eigenvalue weighted by atomic mass is 9.82. The maximum Gasteiger partial charge on any atom is -0.00139 e. The number of hydrogen-bond acceptors (Lipinski definition) is 0. The second-order valence-corrected chi connectivity index (χ2v) is 16.4. The highest BCUT2D eigenvalue weighted by Gasteiger charge is 2.21. The number of rotatable bonds is 9. The van der Waals surface area contributed by atoms with Crippen molar-refractivity contribution in [1.29, 1.82) is 0 Å². The Bertz CT molecular complexity index is 3420. The van der Waals surface area contributed by atoms with Gasteiger partial charge in [-0.3, -0.25) is 0 Å². The minimum absolute atomic E-state index is 1.15. The third-order valence-corrected chi connectivity index (χ3v) is 12.4. The normalized spacial score (nSPS) is 11.1. The fourth-order valence-electron chi connectivity index (χ4n) is 9.56. The van der Waals surface area contributed by atoms with E-state index >= 15 is 0 Å². The van der Waals surface area contributed by atoms with Crippen molar-refractivity contribution in [2.75, 3.05) is 0 Å². The van der Waals surface area contributed by atoms with Crippen LogP contribution in [0.3, 0.4) is 0 Å². The summed E-state index contributed by atoms with van der Waals surface area (Å²) in [7, 11) is 0. The van der Waals surface area contributed by atoms with Crippen LogP contribution in [0.1, 0.15) is 33.4 Å². The van der Waals surface area contributed by atoms with Gasteiger partial charge in [-0.15, -0.1) is 0 Å². The SMILES string of the molecule is C(=C(c1ccccc1)c1ccccc1)c1cccc(-c2c3ccccc3c(-c3cccc(C=C(c4ccccc4)c4ccccc4)c3)c3c(-c4cccc5ccccc45)cccc23)c1. The van der Waals surface area contributed by atoms with Crippen LogP contribution in [0.4, 0.5) is 0 Å². The van der Waals surface area contributed by atoms with Gasteiger partial charge in [-0.1, -0.05) is 243 Å². The van der Waals surface area contributed by atoms with Gasteiger partial charge in [-0.05, 0) is 135 Å². The first-order valence-electron chi connectivity index (χ1n) is 22.1. The lowest BCUT2D eigenvalue weighted by Crippen LogP contribution is -1.94. The van der Waals surface area contributed by atoms with Crippen LogP contribution in [0.25, 0.3) is 89.0 Å². The second-order valence-electron chi connectivity index (χ2n) is 16.4. The first-order valence-corrected chi connectivity index (χ1v) is 22.1. The molecule has 64 heavy (non-hydrogen) atoms. The molecule has 0 fully saturated rings. The third-order valence-electron chi connectivity index (χ3n) is 12.4. The molecule has 0 N–H and O–H groups in total. The summed E-state index contributed by atoms with van der Waals surface area (Å²) in [5.41, 5.74) is 16.7. The molecule has 0 spiro atoms. The van der Waals surface area contributed by atoms with Crippen molar-refractivity contribution in [2.24, 2.45) is 0 Å². The zero-order chi connectivity index (χ0) is 42.7. The summed E-state index contributed by atoms with van der Waals surface area (Å²) >= 11 is 0. The molecule has 0 aliphatic heterocycles. The maximum absolute atomic E-state index is 2.38. The number of fused-ring (bicyclic) bond motifs is 3. The van der Waals surface area contributed by atoms with Crippen molar-refractivity contribution in [1.82, 2.24) is 0 Å². The molecule has 11 aromatic carbocycles. The average molecular weight is 813 g/mol. The highest BCUT2D eigenvalue weighted by atomic mass is 14.2. The molecule has 0 saturated heterocycles. The second kappa shape index (κ2) is 17.2. The van der Waals surface area contributed by atoms with E-state index < -0.39 is 0 Å². The van der Waals surface area contributed by atoms with Gasteiger partial charge < -0.3 is 0 Å². The summed E-state index contributed by atoms with van der Waals surface area (Å²) in [6.45, 7) is 0. The predicted molar refractivity (Wildman–Crippen MR) is 275 cm³/mol. The minimum Gasteiger partial charge on any atom is -0.0622 e. The monoisotopic (exact) mass is 812 g/mol. The smallest absolute Gasteiger partial charge is 0.00139 e. The van der Waals surface area contributed by atoms with Crippen molar-refractivity contribution in [3.8, 4) is 33.4 Å². The molecule has 0 unspecified atom stereocenters. The van der Waals surface area contributed by atoms with E-state index in [2.05, 4.69) is 267 Å². The molecule has 0 aliphatic rings. The van der Waals surface area contributed by atoms with Gasteiger partial charge in [0.1, 0.15) is 0 Å². The van der Waals surface area contributed by atoms with Crippen molar-refractivity contribution in [3.63, 3.8) is 0 Å². The van der Waals surface area contributed by atoms with Gasteiger partial charge in [-0.2, -0.15) is 0 Å². The van der Waals surface area contributed by atoms with E-state index in [0.717, 1.165) is 11.1 Å². The van der Waals surface area contributed by atoms with E-state index in [9.17, 15) is 0 Å². The minimum atomic E-state index is 1.15. The van der Waals surface area contributed by atoms with Crippen LogP contribution in [-0.2, 0) is 0 Å². The molecule has 0 atom stereocenters. The van der Waals surface area contributed by atoms with Gasteiger partial charge in [0, 0.05) is 0 Å².